The molecule has 0 bridgehead atoms. The summed E-state index contributed by atoms with van der Waals surface area (Å²) in [6, 6.07) is 2.35. The fraction of sp³-hybridized carbons (Fsp3) is 0.500. The molecule has 6 heteroatoms. The fourth-order valence-electron chi connectivity index (χ4n) is 2.50. The van der Waals surface area contributed by atoms with Gasteiger partial charge in [-0.25, -0.2) is 8.78 Å². The van der Waals surface area contributed by atoms with E-state index in [0.29, 0.717) is 19.1 Å². The molecule has 0 aromatic heterocycles. The van der Waals surface area contributed by atoms with Crippen LogP contribution < -0.4 is 10.6 Å². The quantitative estimate of drug-likeness (QED) is 0.867. The highest BCUT2D eigenvalue weighted by Crippen LogP contribution is 2.26. The first-order valence-electron chi connectivity index (χ1n) is 6.56. The lowest BCUT2D eigenvalue weighted by Crippen LogP contribution is -2.32. The molecule has 1 fully saturated rings. The van der Waals surface area contributed by atoms with Gasteiger partial charge in [-0.2, -0.15) is 0 Å². The highest BCUT2D eigenvalue weighted by molar-refractivity contribution is 7.80. The summed E-state index contributed by atoms with van der Waals surface area (Å²) in [6.07, 6.45) is 2.00. The van der Waals surface area contributed by atoms with Crippen LogP contribution in [0.15, 0.2) is 12.1 Å². The highest BCUT2D eigenvalue weighted by Gasteiger charge is 2.21. The first-order chi connectivity index (χ1) is 9.49. The molecule has 1 unspecified atom stereocenters. The highest BCUT2D eigenvalue weighted by atomic mass is 32.1. The van der Waals surface area contributed by atoms with Crippen LogP contribution in [-0.4, -0.2) is 31.8 Å². The number of thiocarbonyl (C=S) groups is 1. The minimum Gasteiger partial charge on any atom is -0.389 e. The van der Waals surface area contributed by atoms with Crippen molar-refractivity contribution >= 4 is 22.9 Å². The molecule has 1 heterocycles. The lowest BCUT2D eigenvalue weighted by atomic mass is 10.0. The van der Waals surface area contributed by atoms with Crippen molar-refractivity contribution in [3.05, 3.63) is 29.3 Å². The van der Waals surface area contributed by atoms with Crippen molar-refractivity contribution in [3.8, 4) is 0 Å². The molecule has 1 aliphatic heterocycles. The predicted molar refractivity (Wildman–Crippen MR) is 79.1 cm³/mol. The van der Waals surface area contributed by atoms with Crippen LogP contribution in [0.1, 0.15) is 18.4 Å². The predicted octanol–water partition coefficient (Wildman–Crippen LogP) is 2.46. The third-order valence-electron chi connectivity index (χ3n) is 3.47. The smallest absolute Gasteiger partial charge is 0.150 e. The monoisotopic (exact) mass is 300 g/mol. The Labute approximate surface area is 122 Å². The van der Waals surface area contributed by atoms with Gasteiger partial charge in [0.1, 0.15) is 22.3 Å². The Kier molecular flexibility index (Phi) is 4.88. The zero-order valence-corrected chi connectivity index (χ0v) is 12.2. The van der Waals surface area contributed by atoms with E-state index >= 15 is 0 Å². The van der Waals surface area contributed by atoms with Gasteiger partial charge in [-0.1, -0.05) is 12.2 Å². The standard InChI is InChI=1S/C14H18F2N2OS/c1-18(7-9-3-2-4-19-8-9)13-11(15)5-10(14(17)20)6-12(13)16/h5-6,9H,2-4,7-8H2,1H3,(H2,17,20). The van der Waals surface area contributed by atoms with E-state index in [1.807, 2.05) is 0 Å². The lowest BCUT2D eigenvalue weighted by molar-refractivity contribution is 0.0575. The molecule has 0 saturated carbocycles. The average Bonchev–Trinajstić information content (AvgIpc) is 2.38. The molecule has 0 radical (unpaired) electrons. The number of ether oxygens (including phenoxy) is 1. The van der Waals surface area contributed by atoms with Crippen LogP contribution in [-0.2, 0) is 4.74 Å². The Morgan fingerprint density at radius 2 is 2.10 bits per heavy atom. The van der Waals surface area contributed by atoms with Gasteiger partial charge >= 0.3 is 0 Å². The van der Waals surface area contributed by atoms with E-state index in [-0.39, 0.29) is 16.2 Å². The van der Waals surface area contributed by atoms with Crippen LogP contribution in [0.2, 0.25) is 0 Å². The number of hydrogen-bond donors (Lipinski definition) is 1. The number of rotatable bonds is 4. The largest absolute Gasteiger partial charge is 0.389 e. The number of hydrogen-bond acceptors (Lipinski definition) is 3. The van der Waals surface area contributed by atoms with Crippen molar-refractivity contribution in [2.45, 2.75) is 12.8 Å². The van der Waals surface area contributed by atoms with Gasteiger partial charge in [-0.05, 0) is 30.9 Å². The summed E-state index contributed by atoms with van der Waals surface area (Å²) in [5.41, 5.74) is 5.55. The number of anilines is 1. The molecule has 0 aliphatic carbocycles. The Bertz CT molecular complexity index is 481. The SMILES string of the molecule is CN(CC1CCCOC1)c1c(F)cc(C(N)=S)cc1F. The first-order valence-corrected chi connectivity index (χ1v) is 6.97. The minimum atomic E-state index is -0.646. The molecular weight excluding hydrogens is 282 g/mol. The molecule has 1 aromatic carbocycles. The average molecular weight is 300 g/mol. The molecule has 1 atom stereocenters. The molecular formula is C14H18F2N2OS. The summed E-state index contributed by atoms with van der Waals surface area (Å²) in [6.45, 7) is 1.96. The van der Waals surface area contributed by atoms with Gasteiger partial charge in [0.15, 0.2) is 0 Å². The maximum absolute atomic E-state index is 14.0. The molecule has 3 nitrogen and oxygen atoms in total. The van der Waals surface area contributed by atoms with Crippen LogP contribution in [0.4, 0.5) is 14.5 Å². The second-order valence-corrected chi connectivity index (χ2v) is 5.56. The van der Waals surface area contributed by atoms with Crippen molar-refractivity contribution in [1.29, 1.82) is 0 Å². The van der Waals surface area contributed by atoms with Crippen molar-refractivity contribution in [2.24, 2.45) is 11.7 Å². The zero-order chi connectivity index (χ0) is 14.7. The van der Waals surface area contributed by atoms with E-state index in [1.165, 1.54) is 12.1 Å². The maximum atomic E-state index is 14.0. The molecule has 1 aliphatic rings. The summed E-state index contributed by atoms with van der Waals surface area (Å²) in [4.78, 5) is 1.57. The topological polar surface area (TPSA) is 38.5 Å². The normalized spacial score (nSPS) is 18.9. The summed E-state index contributed by atoms with van der Waals surface area (Å²) in [5, 5.41) is 0. The summed E-state index contributed by atoms with van der Waals surface area (Å²) >= 11 is 4.74. The van der Waals surface area contributed by atoms with Gasteiger partial charge in [-0.3, -0.25) is 0 Å². The molecule has 1 saturated heterocycles. The second kappa shape index (κ2) is 6.45. The third-order valence-corrected chi connectivity index (χ3v) is 3.71. The lowest BCUT2D eigenvalue weighted by Gasteiger charge is -2.29. The minimum absolute atomic E-state index is 0.0160. The van der Waals surface area contributed by atoms with Crippen molar-refractivity contribution in [2.75, 3.05) is 31.7 Å². The Hall–Kier alpha value is -1.27. The van der Waals surface area contributed by atoms with Gasteiger partial charge in [0.2, 0.25) is 0 Å². The molecule has 0 amide bonds. The van der Waals surface area contributed by atoms with Crippen LogP contribution in [0.25, 0.3) is 0 Å². The molecule has 110 valence electrons. The molecule has 20 heavy (non-hydrogen) atoms. The van der Waals surface area contributed by atoms with Gasteiger partial charge in [0.05, 0.1) is 6.61 Å². The fourth-order valence-corrected chi connectivity index (χ4v) is 2.62. The maximum Gasteiger partial charge on any atom is 0.150 e. The van der Waals surface area contributed by atoms with E-state index < -0.39 is 11.6 Å². The van der Waals surface area contributed by atoms with Crippen LogP contribution in [0.3, 0.4) is 0 Å². The van der Waals surface area contributed by atoms with Crippen LogP contribution >= 0.6 is 12.2 Å². The molecule has 2 rings (SSSR count). The molecule has 1 aromatic rings. The van der Waals surface area contributed by atoms with E-state index in [9.17, 15) is 8.78 Å². The zero-order valence-electron chi connectivity index (χ0n) is 11.4. The van der Waals surface area contributed by atoms with Gasteiger partial charge in [0.25, 0.3) is 0 Å². The summed E-state index contributed by atoms with van der Waals surface area (Å²) < 4.78 is 33.5. The Morgan fingerprint density at radius 1 is 1.45 bits per heavy atom. The summed E-state index contributed by atoms with van der Waals surface area (Å²) in [5.74, 6) is -0.998. The number of benzene rings is 1. The number of nitrogens with zero attached hydrogens (tertiary/aromatic N) is 1. The van der Waals surface area contributed by atoms with E-state index in [4.69, 9.17) is 22.7 Å². The van der Waals surface area contributed by atoms with E-state index in [0.717, 1.165) is 19.4 Å². The first kappa shape index (κ1) is 15.1. The van der Waals surface area contributed by atoms with Crippen molar-refractivity contribution in [1.82, 2.24) is 0 Å². The van der Waals surface area contributed by atoms with E-state index in [2.05, 4.69) is 0 Å². The molecule has 2 N–H and O–H groups in total. The van der Waals surface area contributed by atoms with Crippen LogP contribution in [0.5, 0.6) is 0 Å². The Balaban J connectivity index is 2.16. The van der Waals surface area contributed by atoms with E-state index in [1.54, 1.807) is 11.9 Å². The summed E-state index contributed by atoms with van der Waals surface area (Å²) in [7, 11) is 1.68. The number of halogens is 2. The second-order valence-electron chi connectivity index (χ2n) is 5.12. The van der Waals surface area contributed by atoms with Crippen molar-refractivity contribution in [3.63, 3.8) is 0 Å². The third kappa shape index (κ3) is 3.43. The van der Waals surface area contributed by atoms with Crippen molar-refractivity contribution < 1.29 is 13.5 Å². The van der Waals surface area contributed by atoms with Crippen LogP contribution in [0, 0.1) is 17.6 Å². The number of nitrogens with two attached hydrogens (primary N) is 1. The Morgan fingerprint density at radius 3 is 2.60 bits per heavy atom. The van der Waals surface area contributed by atoms with Gasteiger partial charge in [0, 0.05) is 25.8 Å². The van der Waals surface area contributed by atoms with Gasteiger partial charge < -0.3 is 15.4 Å². The molecule has 0 spiro atoms. The van der Waals surface area contributed by atoms with Gasteiger partial charge in [-0.15, -0.1) is 0 Å².